The van der Waals surface area contributed by atoms with E-state index in [2.05, 4.69) is 34.3 Å². The molecule has 4 heteroatoms. The highest BCUT2D eigenvalue weighted by molar-refractivity contribution is 4.96. The van der Waals surface area contributed by atoms with Crippen molar-refractivity contribution >= 4 is 0 Å². The highest BCUT2D eigenvalue weighted by Crippen LogP contribution is 2.10. The Morgan fingerprint density at radius 3 is 2.77 bits per heavy atom. The SMILES string of the molecule is CCCc1nc(C(CC)NC)n[nH]1. The molecule has 0 amide bonds. The molecule has 0 fully saturated rings. The standard InChI is InChI=1S/C9H18N4/c1-4-6-8-11-9(13-12-8)7(5-2)10-3/h7,10H,4-6H2,1-3H3,(H,11,12,13). The van der Waals surface area contributed by atoms with Gasteiger partial charge in [-0.25, -0.2) is 4.98 Å². The van der Waals surface area contributed by atoms with Gasteiger partial charge in [0.05, 0.1) is 6.04 Å². The number of hydrogen-bond donors (Lipinski definition) is 2. The largest absolute Gasteiger partial charge is 0.310 e. The third-order valence-corrected chi connectivity index (χ3v) is 2.10. The Balaban J connectivity index is 2.66. The third-order valence-electron chi connectivity index (χ3n) is 2.10. The molecule has 13 heavy (non-hydrogen) atoms. The summed E-state index contributed by atoms with van der Waals surface area (Å²) in [6.45, 7) is 4.26. The minimum Gasteiger partial charge on any atom is -0.310 e. The molecular weight excluding hydrogens is 164 g/mol. The third kappa shape index (κ3) is 2.52. The van der Waals surface area contributed by atoms with E-state index in [1.807, 2.05) is 7.05 Å². The number of nitrogens with zero attached hydrogens (tertiary/aromatic N) is 2. The average molecular weight is 182 g/mol. The molecule has 1 rings (SSSR count). The highest BCUT2D eigenvalue weighted by atomic mass is 15.2. The summed E-state index contributed by atoms with van der Waals surface area (Å²) >= 11 is 0. The lowest BCUT2D eigenvalue weighted by Gasteiger charge is -2.07. The van der Waals surface area contributed by atoms with Gasteiger partial charge in [-0.05, 0) is 19.9 Å². The second-order valence-corrected chi connectivity index (χ2v) is 3.14. The van der Waals surface area contributed by atoms with Gasteiger partial charge in [0.15, 0.2) is 5.82 Å². The van der Waals surface area contributed by atoms with Gasteiger partial charge in [-0.1, -0.05) is 13.8 Å². The molecule has 0 bridgehead atoms. The fourth-order valence-corrected chi connectivity index (χ4v) is 1.33. The van der Waals surface area contributed by atoms with Crippen molar-refractivity contribution in [3.63, 3.8) is 0 Å². The van der Waals surface area contributed by atoms with Crippen molar-refractivity contribution < 1.29 is 0 Å². The number of nitrogens with one attached hydrogen (secondary N) is 2. The number of rotatable bonds is 5. The van der Waals surface area contributed by atoms with Gasteiger partial charge in [0.1, 0.15) is 5.82 Å². The lowest BCUT2D eigenvalue weighted by molar-refractivity contribution is 0.546. The Morgan fingerprint density at radius 2 is 2.23 bits per heavy atom. The van der Waals surface area contributed by atoms with Crippen LogP contribution in [0.25, 0.3) is 0 Å². The van der Waals surface area contributed by atoms with Crippen LogP contribution in [0.15, 0.2) is 0 Å². The lowest BCUT2D eigenvalue weighted by Crippen LogP contribution is -2.16. The van der Waals surface area contributed by atoms with E-state index >= 15 is 0 Å². The van der Waals surface area contributed by atoms with E-state index in [-0.39, 0.29) is 6.04 Å². The van der Waals surface area contributed by atoms with E-state index in [0.717, 1.165) is 30.9 Å². The monoisotopic (exact) mass is 182 g/mol. The summed E-state index contributed by atoms with van der Waals surface area (Å²) in [5.41, 5.74) is 0. The summed E-state index contributed by atoms with van der Waals surface area (Å²) in [5.74, 6) is 1.87. The summed E-state index contributed by atoms with van der Waals surface area (Å²) < 4.78 is 0. The van der Waals surface area contributed by atoms with E-state index in [1.165, 1.54) is 0 Å². The quantitative estimate of drug-likeness (QED) is 0.724. The summed E-state index contributed by atoms with van der Waals surface area (Å²) in [7, 11) is 1.93. The maximum absolute atomic E-state index is 4.41. The zero-order valence-electron chi connectivity index (χ0n) is 8.59. The van der Waals surface area contributed by atoms with Crippen LogP contribution in [0.1, 0.15) is 44.4 Å². The Morgan fingerprint density at radius 1 is 1.46 bits per heavy atom. The summed E-state index contributed by atoms with van der Waals surface area (Å²) in [6.07, 6.45) is 3.10. The van der Waals surface area contributed by atoms with Crippen LogP contribution in [0.3, 0.4) is 0 Å². The van der Waals surface area contributed by atoms with Crippen LogP contribution in [-0.2, 0) is 6.42 Å². The topological polar surface area (TPSA) is 53.6 Å². The van der Waals surface area contributed by atoms with Crippen LogP contribution in [0.4, 0.5) is 0 Å². The van der Waals surface area contributed by atoms with Crippen molar-refractivity contribution in [1.82, 2.24) is 20.5 Å². The maximum Gasteiger partial charge on any atom is 0.167 e. The number of aromatic nitrogens is 3. The molecular formula is C9H18N4. The van der Waals surface area contributed by atoms with Crippen LogP contribution >= 0.6 is 0 Å². The first kappa shape index (κ1) is 10.2. The fraction of sp³-hybridized carbons (Fsp3) is 0.778. The predicted molar refractivity (Wildman–Crippen MR) is 52.5 cm³/mol. The van der Waals surface area contributed by atoms with Gasteiger partial charge >= 0.3 is 0 Å². The van der Waals surface area contributed by atoms with E-state index in [0.29, 0.717) is 0 Å². The number of aryl methyl sites for hydroxylation is 1. The molecule has 2 N–H and O–H groups in total. The zero-order valence-corrected chi connectivity index (χ0v) is 8.59. The molecule has 0 aliphatic rings. The second-order valence-electron chi connectivity index (χ2n) is 3.14. The summed E-state index contributed by atoms with van der Waals surface area (Å²) in [4.78, 5) is 4.41. The van der Waals surface area contributed by atoms with Crippen LogP contribution in [0.2, 0.25) is 0 Å². The minimum atomic E-state index is 0.279. The molecule has 4 nitrogen and oxygen atoms in total. The van der Waals surface area contributed by atoms with Gasteiger partial charge in [0.25, 0.3) is 0 Å². The Labute approximate surface area is 79.2 Å². The molecule has 1 heterocycles. The van der Waals surface area contributed by atoms with E-state index in [1.54, 1.807) is 0 Å². The van der Waals surface area contributed by atoms with Gasteiger partial charge in [-0.3, -0.25) is 5.10 Å². The molecule has 0 radical (unpaired) electrons. The smallest absolute Gasteiger partial charge is 0.167 e. The number of H-pyrrole nitrogens is 1. The van der Waals surface area contributed by atoms with Crippen LogP contribution < -0.4 is 5.32 Å². The van der Waals surface area contributed by atoms with E-state index in [9.17, 15) is 0 Å². The normalized spacial score (nSPS) is 13.2. The fourth-order valence-electron chi connectivity index (χ4n) is 1.33. The van der Waals surface area contributed by atoms with Crippen molar-refractivity contribution in [2.75, 3.05) is 7.05 Å². The molecule has 1 unspecified atom stereocenters. The predicted octanol–water partition coefficient (Wildman–Crippen LogP) is 1.43. The molecule has 0 aliphatic carbocycles. The van der Waals surface area contributed by atoms with E-state index in [4.69, 9.17) is 0 Å². The molecule has 1 atom stereocenters. The van der Waals surface area contributed by atoms with Crippen molar-refractivity contribution in [2.24, 2.45) is 0 Å². The van der Waals surface area contributed by atoms with E-state index < -0.39 is 0 Å². The molecule has 0 saturated heterocycles. The van der Waals surface area contributed by atoms with Gasteiger partial charge in [0, 0.05) is 6.42 Å². The van der Waals surface area contributed by atoms with Gasteiger partial charge < -0.3 is 5.32 Å². The zero-order chi connectivity index (χ0) is 9.68. The first-order chi connectivity index (χ1) is 6.31. The first-order valence-electron chi connectivity index (χ1n) is 4.90. The van der Waals surface area contributed by atoms with Crippen molar-refractivity contribution in [3.8, 4) is 0 Å². The summed E-state index contributed by atoms with van der Waals surface area (Å²) in [6, 6.07) is 0.279. The Kier molecular flexibility index (Phi) is 3.89. The van der Waals surface area contributed by atoms with Crippen LogP contribution in [-0.4, -0.2) is 22.2 Å². The van der Waals surface area contributed by atoms with Crippen LogP contribution in [0, 0.1) is 0 Å². The Bertz CT molecular complexity index is 240. The second kappa shape index (κ2) is 4.97. The number of hydrogen-bond acceptors (Lipinski definition) is 3. The van der Waals surface area contributed by atoms with Crippen molar-refractivity contribution in [1.29, 1.82) is 0 Å². The first-order valence-corrected chi connectivity index (χ1v) is 4.90. The van der Waals surface area contributed by atoms with Crippen molar-refractivity contribution in [3.05, 3.63) is 11.6 Å². The van der Waals surface area contributed by atoms with Gasteiger partial charge in [-0.2, -0.15) is 5.10 Å². The maximum atomic E-state index is 4.41. The minimum absolute atomic E-state index is 0.279. The summed E-state index contributed by atoms with van der Waals surface area (Å²) in [5, 5.41) is 10.3. The molecule has 1 aromatic heterocycles. The molecule has 0 saturated carbocycles. The van der Waals surface area contributed by atoms with Crippen LogP contribution in [0.5, 0.6) is 0 Å². The molecule has 0 spiro atoms. The molecule has 74 valence electrons. The molecule has 0 aliphatic heterocycles. The van der Waals surface area contributed by atoms with Crippen molar-refractivity contribution in [2.45, 2.75) is 39.2 Å². The lowest BCUT2D eigenvalue weighted by atomic mass is 10.2. The average Bonchev–Trinajstić information content (AvgIpc) is 2.56. The molecule has 1 aromatic rings. The van der Waals surface area contributed by atoms with Gasteiger partial charge in [-0.15, -0.1) is 0 Å². The number of aromatic amines is 1. The molecule has 0 aromatic carbocycles. The highest BCUT2D eigenvalue weighted by Gasteiger charge is 2.11. The van der Waals surface area contributed by atoms with Gasteiger partial charge in [0.2, 0.25) is 0 Å². The Hall–Kier alpha value is -0.900.